The zero-order valence-corrected chi connectivity index (χ0v) is 11.1. The maximum absolute atomic E-state index is 5.82. The Morgan fingerprint density at radius 2 is 1.62 bits per heavy atom. The van der Waals surface area contributed by atoms with Gasteiger partial charge in [-0.05, 0) is 37.4 Å². The highest BCUT2D eigenvalue weighted by Gasteiger charge is 2.30. The smallest absolute Gasteiger partial charge is 0.0357 e. The lowest BCUT2D eigenvalue weighted by molar-refractivity contribution is 0.305. The van der Waals surface area contributed by atoms with Gasteiger partial charge in [-0.3, -0.25) is 11.3 Å². The molecule has 1 saturated heterocycles. The molecule has 0 radical (unpaired) electrons. The molecule has 3 N–H and O–H groups in total. The van der Waals surface area contributed by atoms with E-state index in [0.717, 1.165) is 11.2 Å². The quantitative estimate of drug-likeness (QED) is 0.454. The van der Waals surface area contributed by atoms with Crippen LogP contribution >= 0.6 is 11.8 Å². The van der Waals surface area contributed by atoms with Crippen molar-refractivity contribution < 1.29 is 0 Å². The van der Waals surface area contributed by atoms with Crippen LogP contribution in [0.15, 0.2) is 0 Å². The Balaban J connectivity index is 1.90. The summed E-state index contributed by atoms with van der Waals surface area (Å²) in [6, 6.07) is 0.573. The topological polar surface area (TPSA) is 38.0 Å². The first-order chi connectivity index (χ1) is 7.92. The first kappa shape index (κ1) is 12.7. The number of hydrogen-bond donors (Lipinski definition) is 2. The van der Waals surface area contributed by atoms with Gasteiger partial charge in [0.25, 0.3) is 0 Å². The van der Waals surface area contributed by atoms with Gasteiger partial charge in [-0.1, -0.05) is 32.1 Å². The van der Waals surface area contributed by atoms with Crippen molar-refractivity contribution in [2.75, 3.05) is 5.75 Å². The highest BCUT2D eigenvalue weighted by molar-refractivity contribution is 8.00. The molecular formula is C13H26N2S. The second-order valence-corrected chi connectivity index (χ2v) is 6.70. The van der Waals surface area contributed by atoms with Crippen molar-refractivity contribution in [1.29, 1.82) is 0 Å². The molecule has 0 aromatic carbocycles. The van der Waals surface area contributed by atoms with E-state index in [2.05, 4.69) is 17.2 Å². The predicted octanol–water partition coefficient (Wildman–Crippen LogP) is 3.07. The molecule has 1 aliphatic carbocycles. The third-order valence-corrected chi connectivity index (χ3v) is 5.70. The Kier molecular flexibility index (Phi) is 5.46. The Bertz CT molecular complexity index is 184. The molecule has 0 bridgehead atoms. The standard InChI is InChI=1S/C13H26N2S/c14-15-13(12-9-5-6-10-16-12)11-7-3-1-2-4-8-11/h11-13,15H,1-10,14H2. The molecule has 1 heterocycles. The Labute approximate surface area is 104 Å². The Hall–Kier alpha value is 0.270. The minimum Gasteiger partial charge on any atom is -0.271 e. The molecule has 2 fully saturated rings. The third-order valence-electron chi connectivity index (χ3n) is 4.22. The summed E-state index contributed by atoms with van der Waals surface area (Å²) in [6.45, 7) is 0. The van der Waals surface area contributed by atoms with Gasteiger partial charge in [0.05, 0.1) is 0 Å². The van der Waals surface area contributed by atoms with E-state index in [0.29, 0.717) is 6.04 Å². The minimum absolute atomic E-state index is 0.573. The average Bonchev–Trinajstić information content (AvgIpc) is 2.61. The fourth-order valence-electron chi connectivity index (χ4n) is 3.27. The molecule has 0 aromatic rings. The van der Waals surface area contributed by atoms with E-state index in [9.17, 15) is 0 Å². The van der Waals surface area contributed by atoms with Crippen molar-refractivity contribution in [2.24, 2.45) is 11.8 Å². The monoisotopic (exact) mass is 242 g/mol. The van der Waals surface area contributed by atoms with Crippen molar-refractivity contribution in [3.05, 3.63) is 0 Å². The van der Waals surface area contributed by atoms with Gasteiger partial charge < -0.3 is 0 Å². The van der Waals surface area contributed by atoms with E-state index < -0.39 is 0 Å². The van der Waals surface area contributed by atoms with Gasteiger partial charge in [-0.15, -0.1) is 0 Å². The van der Waals surface area contributed by atoms with Gasteiger partial charge in [0.2, 0.25) is 0 Å². The SMILES string of the molecule is NNC(C1CCCCCC1)C1CCCCS1. The molecule has 2 unspecified atom stereocenters. The number of nitrogens with two attached hydrogens (primary N) is 1. The Morgan fingerprint density at radius 3 is 2.19 bits per heavy atom. The summed E-state index contributed by atoms with van der Waals surface area (Å²) in [5.41, 5.74) is 3.15. The summed E-state index contributed by atoms with van der Waals surface area (Å²) in [7, 11) is 0. The van der Waals surface area contributed by atoms with E-state index in [1.165, 1.54) is 63.5 Å². The molecule has 0 spiro atoms. The lowest BCUT2D eigenvalue weighted by atomic mass is 9.88. The summed E-state index contributed by atoms with van der Waals surface area (Å²) in [5.74, 6) is 8.00. The van der Waals surface area contributed by atoms with Crippen LogP contribution in [-0.4, -0.2) is 17.0 Å². The summed E-state index contributed by atoms with van der Waals surface area (Å²) in [4.78, 5) is 0. The molecule has 94 valence electrons. The predicted molar refractivity (Wildman–Crippen MR) is 72.4 cm³/mol. The van der Waals surface area contributed by atoms with Crippen LogP contribution in [0.4, 0.5) is 0 Å². The molecule has 3 heteroatoms. The van der Waals surface area contributed by atoms with Crippen LogP contribution < -0.4 is 11.3 Å². The molecule has 2 nitrogen and oxygen atoms in total. The molecule has 2 atom stereocenters. The van der Waals surface area contributed by atoms with Crippen molar-refractivity contribution >= 4 is 11.8 Å². The zero-order chi connectivity index (χ0) is 11.2. The second kappa shape index (κ2) is 6.87. The first-order valence-corrected chi connectivity index (χ1v) is 8.04. The number of hydrogen-bond acceptors (Lipinski definition) is 3. The molecule has 2 rings (SSSR count). The van der Waals surface area contributed by atoms with Crippen molar-refractivity contribution in [3.8, 4) is 0 Å². The lowest BCUT2D eigenvalue weighted by Crippen LogP contribution is -2.48. The molecule has 0 aromatic heterocycles. The average molecular weight is 242 g/mol. The number of nitrogens with one attached hydrogen (secondary N) is 1. The Morgan fingerprint density at radius 1 is 0.938 bits per heavy atom. The molecule has 1 aliphatic heterocycles. The summed E-state index contributed by atoms with van der Waals surface area (Å²) in [6.07, 6.45) is 12.7. The normalized spacial score (nSPS) is 30.9. The van der Waals surface area contributed by atoms with Gasteiger partial charge in [0, 0.05) is 11.3 Å². The highest BCUT2D eigenvalue weighted by Crippen LogP contribution is 2.34. The van der Waals surface area contributed by atoms with E-state index in [4.69, 9.17) is 5.84 Å². The van der Waals surface area contributed by atoms with Gasteiger partial charge in [0.15, 0.2) is 0 Å². The lowest BCUT2D eigenvalue weighted by Gasteiger charge is -2.34. The maximum Gasteiger partial charge on any atom is 0.0357 e. The van der Waals surface area contributed by atoms with Gasteiger partial charge in [-0.2, -0.15) is 11.8 Å². The zero-order valence-electron chi connectivity index (χ0n) is 10.3. The highest BCUT2D eigenvalue weighted by atomic mass is 32.2. The van der Waals surface area contributed by atoms with Gasteiger partial charge in [0.1, 0.15) is 0 Å². The van der Waals surface area contributed by atoms with Crippen molar-refractivity contribution in [2.45, 2.75) is 69.1 Å². The largest absolute Gasteiger partial charge is 0.271 e. The van der Waals surface area contributed by atoms with E-state index in [1.54, 1.807) is 0 Å². The molecular weight excluding hydrogens is 216 g/mol. The molecule has 2 aliphatic rings. The first-order valence-electron chi connectivity index (χ1n) is 6.99. The summed E-state index contributed by atoms with van der Waals surface area (Å²) < 4.78 is 0. The van der Waals surface area contributed by atoms with E-state index in [-0.39, 0.29) is 0 Å². The third kappa shape index (κ3) is 3.38. The van der Waals surface area contributed by atoms with Crippen molar-refractivity contribution in [1.82, 2.24) is 5.43 Å². The van der Waals surface area contributed by atoms with Crippen LogP contribution in [0.5, 0.6) is 0 Å². The fraction of sp³-hybridized carbons (Fsp3) is 1.00. The second-order valence-electron chi connectivity index (χ2n) is 5.35. The van der Waals surface area contributed by atoms with Crippen LogP contribution in [-0.2, 0) is 0 Å². The summed E-state index contributed by atoms with van der Waals surface area (Å²) >= 11 is 2.15. The molecule has 1 saturated carbocycles. The van der Waals surface area contributed by atoms with Gasteiger partial charge in [-0.25, -0.2) is 0 Å². The van der Waals surface area contributed by atoms with Crippen LogP contribution in [0.25, 0.3) is 0 Å². The van der Waals surface area contributed by atoms with E-state index >= 15 is 0 Å². The summed E-state index contributed by atoms with van der Waals surface area (Å²) in [5, 5.41) is 0.779. The van der Waals surface area contributed by atoms with E-state index in [1.807, 2.05) is 0 Å². The van der Waals surface area contributed by atoms with Crippen molar-refractivity contribution in [3.63, 3.8) is 0 Å². The maximum atomic E-state index is 5.82. The number of hydrazine groups is 1. The molecule has 16 heavy (non-hydrogen) atoms. The molecule has 0 amide bonds. The number of rotatable bonds is 3. The fourth-order valence-corrected chi connectivity index (χ4v) is 4.78. The van der Waals surface area contributed by atoms with Crippen LogP contribution in [0.1, 0.15) is 57.8 Å². The minimum atomic E-state index is 0.573. The van der Waals surface area contributed by atoms with Crippen LogP contribution in [0, 0.1) is 5.92 Å². The van der Waals surface area contributed by atoms with Crippen LogP contribution in [0.3, 0.4) is 0 Å². The van der Waals surface area contributed by atoms with Crippen LogP contribution in [0.2, 0.25) is 0 Å². The number of thioether (sulfide) groups is 1. The van der Waals surface area contributed by atoms with Gasteiger partial charge >= 0.3 is 0 Å².